The summed E-state index contributed by atoms with van der Waals surface area (Å²) in [6.45, 7) is 3.79. The predicted molar refractivity (Wildman–Crippen MR) is 66.5 cm³/mol. The van der Waals surface area contributed by atoms with Crippen LogP contribution in [-0.4, -0.2) is 17.3 Å². The van der Waals surface area contributed by atoms with Gasteiger partial charge in [0.15, 0.2) is 0 Å². The summed E-state index contributed by atoms with van der Waals surface area (Å²) >= 11 is 3.32. The molecule has 0 aromatic heterocycles. The van der Waals surface area contributed by atoms with E-state index in [9.17, 15) is 9.18 Å². The van der Waals surface area contributed by atoms with Gasteiger partial charge in [-0.15, -0.1) is 0 Å². The quantitative estimate of drug-likeness (QED) is 0.848. The molecule has 0 aliphatic carbocycles. The number of carbonyl (C=O) groups excluding carboxylic acids is 1. The Hall–Kier alpha value is -0.900. The molecule has 2 nitrogen and oxygen atoms in total. The van der Waals surface area contributed by atoms with E-state index in [2.05, 4.69) is 21.2 Å². The maximum atomic E-state index is 13.0. The average Bonchev–Trinajstić information content (AvgIpc) is 2.28. The van der Waals surface area contributed by atoms with Gasteiger partial charge in [0.25, 0.3) is 5.91 Å². The van der Waals surface area contributed by atoms with Crippen molar-refractivity contribution in [3.05, 3.63) is 35.1 Å². The van der Waals surface area contributed by atoms with Crippen LogP contribution in [0.1, 0.15) is 29.3 Å². The Morgan fingerprint density at radius 2 is 2.25 bits per heavy atom. The normalized spacial score (nSPS) is 12.2. The molecule has 1 amide bonds. The molecule has 0 aliphatic heterocycles. The number of nitrogens with one attached hydrogen (secondary N) is 1. The van der Waals surface area contributed by atoms with Crippen LogP contribution < -0.4 is 5.32 Å². The molecule has 0 radical (unpaired) electrons. The van der Waals surface area contributed by atoms with Crippen LogP contribution in [0.2, 0.25) is 0 Å². The van der Waals surface area contributed by atoms with E-state index in [4.69, 9.17) is 0 Å². The number of benzene rings is 1. The molecule has 0 spiro atoms. The number of hydrogen-bond acceptors (Lipinski definition) is 1. The fourth-order valence-corrected chi connectivity index (χ4v) is 1.97. The summed E-state index contributed by atoms with van der Waals surface area (Å²) < 4.78 is 13.0. The third-order valence-electron chi connectivity index (χ3n) is 2.46. The summed E-state index contributed by atoms with van der Waals surface area (Å²) in [6.07, 6.45) is 0.839. The smallest absolute Gasteiger partial charge is 0.251 e. The Kier molecular flexibility index (Phi) is 4.93. The lowest BCUT2D eigenvalue weighted by molar-refractivity contribution is 0.0939. The third-order valence-corrected chi connectivity index (χ3v) is 3.24. The minimum Gasteiger partial charge on any atom is -0.348 e. The van der Waals surface area contributed by atoms with Crippen molar-refractivity contribution in [1.82, 2.24) is 5.32 Å². The molecule has 1 N–H and O–H groups in total. The molecule has 0 saturated heterocycles. The number of alkyl halides is 1. The van der Waals surface area contributed by atoms with Gasteiger partial charge in [-0.2, -0.15) is 0 Å². The van der Waals surface area contributed by atoms with Gasteiger partial charge in [-0.05, 0) is 31.0 Å². The van der Waals surface area contributed by atoms with Gasteiger partial charge in [-0.25, -0.2) is 4.39 Å². The van der Waals surface area contributed by atoms with Gasteiger partial charge in [-0.1, -0.05) is 28.9 Å². The first-order valence-electron chi connectivity index (χ1n) is 5.21. The van der Waals surface area contributed by atoms with Crippen molar-refractivity contribution in [1.29, 1.82) is 0 Å². The van der Waals surface area contributed by atoms with Crippen LogP contribution in [0.25, 0.3) is 0 Å². The minimum absolute atomic E-state index is 0.0789. The van der Waals surface area contributed by atoms with E-state index >= 15 is 0 Å². The molecule has 1 unspecified atom stereocenters. The maximum Gasteiger partial charge on any atom is 0.251 e. The second kappa shape index (κ2) is 5.99. The SMILES string of the molecule is CCC(CBr)NC(=O)c1cc(F)ccc1C. The van der Waals surface area contributed by atoms with Gasteiger partial charge in [0, 0.05) is 16.9 Å². The summed E-state index contributed by atoms with van der Waals surface area (Å²) in [4.78, 5) is 11.8. The Balaban J connectivity index is 2.83. The van der Waals surface area contributed by atoms with E-state index in [0.29, 0.717) is 10.9 Å². The molecule has 1 rings (SSSR count). The van der Waals surface area contributed by atoms with E-state index in [1.54, 1.807) is 13.0 Å². The van der Waals surface area contributed by atoms with Gasteiger partial charge >= 0.3 is 0 Å². The first-order chi connectivity index (χ1) is 7.58. The molecule has 0 saturated carbocycles. The first kappa shape index (κ1) is 13.2. The van der Waals surface area contributed by atoms with Gasteiger partial charge < -0.3 is 5.32 Å². The van der Waals surface area contributed by atoms with E-state index in [1.807, 2.05) is 6.92 Å². The number of rotatable bonds is 4. The molecule has 0 bridgehead atoms. The standard InChI is InChI=1S/C12H15BrFNO/c1-3-10(7-13)15-12(16)11-6-9(14)5-4-8(11)2/h4-6,10H,3,7H2,1-2H3,(H,15,16). The average molecular weight is 288 g/mol. The van der Waals surface area contributed by atoms with Crippen LogP contribution in [0.4, 0.5) is 4.39 Å². The molecule has 1 aromatic rings. The van der Waals surface area contributed by atoms with Crippen molar-refractivity contribution in [2.75, 3.05) is 5.33 Å². The van der Waals surface area contributed by atoms with Gasteiger partial charge in [-0.3, -0.25) is 4.79 Å². The van der Waals surface area contributed by atoms with Crippen LogP contribution in [-0.2, 0) is 0 Å². The molecule has 0 aliphatic rings. The molecule has 1 atom stereocenters. The van der Waals surface area contributed by atoms with Crippen LogP contribution in [0.3, 0.4) is 0 Å². The molecular formula is C12H15BrFNO. The van der Waals surface area contributed by atoms with Crippen LogP contribution in [0.5, 0.6) is 0 Å². The summed E-state index contributed by atoms with van der Waals surface area (Å²) in [7, 11) is 0. The maximum absolute atomic E-state index is 13.0. The molecular weight excluding hydrogens is 273 g/mol. The zero-order valence-electron chi connectivity index (χ0n) is 9.39. The number of amides is 1. The Morgan fingerprint density at radius 3 is 2.81 bits per heavy atom. The topological polar surface area (TPSA) is 29.1 Å². The van der Waals surface area contributed by atoms with E-state index in [-0.39, 0.29) is 17.8 Å². The highest BCUT2D eigenvalue weighted by atomic mass is 79.9. The number of halogens is 2. The molecule has 16 heavy (non-hydrogen) atoms. The van der Waals surface area contributed by atoms with E-state index < -0.39 is 0 Å². The lowest BCUT2D eigenvalue weighted by atomic mass is 10.1. The lowest BCUT2D eigenvalue weighted by Gasteiger charge is -2.14. The Bertz CT molecular complexity index is 377. The van der Waals surface area contributed by atoms with Crippen LogP contribution in [0.15, 0.2) is 18.2 Å². The van der Waals surface area contributed by atoms with E-state index in [1.165, 1.54) is 12.1 Å². The fourth-order valence-electron chi connectivity index (χ4n) is 1.35. The Morgan fingerprint density at radius 1 is 1.56 bits per heavy atom. The van der Waals surface area contributed by atoms with Gasteiger partial charge in [0.2, 0.25) is 0 Å². The number of carbonyl (C=O) groups is 1. The van der Waals surface area contributed by atoms with Crippen LogP contribution >= 0.6 is 15.9 Å². The second-order valence-corrected chi connectivity index (χ2v) is 4.34. The predicted octanol–water partition coefficient (Wildman–Crippen LogP) is 3.04. The van der Waals surface area contributed by atoms with Crippen molar-refractivity contribution in [3.63, 3.8) is 0 Å². The molecule has 0 fully saturated rings. The third kappa shape index (κ3) is 3.30. The molecule has 88 valence electrons. The number of hydrogen-bond donors (Lipinski definition) is 1. The van der Waals surface area contributed by atoms with Gasteiger partial charge in [0.1, 0.15) is 5.82 Å². The van der Waals surface area contributed by atoms with Crippen molar-refractivity contribution in [2.45, 2.75) is 26.3 Å². The van der Waals surface area contributed by atoms with E-state index in [0.717, 1.165) is 12.0 Å². The van der Waals surface area contributed by atoms with Crippen molar-refractivity contribution < 1.29 is 9.18 Å². The highest BCUT2D eigenvalue weighted by molar-refractivity contribution is 9.09. The minimum atomic E-state index is -0.386. The zero-order valence-corrected chi connectivity index (χ0v) is 11.0. The first-order valence-corrected chi connectivity index (χ1v) is 6.33. The lowest BCUT2D eigenvalue weighted by Crippen LogP contribution is -2.35. The van der Waals surface area contributed by atoms with Crippen molar-refractivity contribution in [3.8, 4) is 0 Å². The summed E-state index contributed by atoms with van der Waals surface area (Å²) in [6, 6.07) is 4.31. The summed E-state index contributed by atoms with van der Waals surface area (Å²) in [5.74, 6) is -0.606. The highest BCUT2D eigenvalue weighted by Gasteiger charge is 2.13. The summed E-state index contributed by atoms with van der Waals surface area (Å²) in [5.41, 5.74) is 1.18. The van der Waals surface area contributed by atoms with Gasteiger partial charge in [0.05, 0.1) is 0 Å². The monoisotopic (exact) mass is 287 g/mol. The van der Waals surface area contributed by atoms with Crippen LogP contribution in [0, 0.1) is 12.7 Å². The highest BCUT2D eigenvalue weighted by Crippen LogP contribution is 2.10. The number of aryl methyl sites for hydroxylation is 1. The largest absolute Gasteiger partial charge is 0.348 e. The van der Waals surface area contributed by atoms with Crippen molar-refractivity contribution in [2.24, 2.45) is 0 Å². The Labute approximate surface area is 103 Å². The second-order valence-electron chi connectivity index (χ2n) is 3.69. The summed E-state index contributed by atoms with van der Waals surface area (Å²) in [5, 5.41) is 3.55. The fraction of sp³-hybridized carbons (Fsp3) is 0.417. The molecule has 4 heteroatoms. The van der Waals surface area contributed by atoms with Crippen molar-refractivity contribution >= 4 is 21.8 Å². The zero-order chi connectivity index (χ0) is 12.1. The molecule has 0 heterocycles. The molecule has 1 aromatic carbocycles.